The molecule has 3 heteroatoms. The quantitative estimate of drug-likeness (QED) is 0.616. The maximum atomic E-state index is 10.7. The van der Waals surface area contributed by atoms with Crippen molar-refractivity contribution in [2.75, 3.05) is 0 Å². The van der Waals surface area contributed by atoms with E-state index >= 15 is 0 Å². The van der Waals surface area contributed by atoms with Crippen LogP contribution in [0.4, 0.5) is 0 Å². The van der Waals surface area contributed by atoms with Gasteiger partial charge in [-0.2, -0.15) is 5.90 Å². The molecule has 1 aliphatic rings. The molecule has 3 nitrogen and oxygen atoms in total. The van der Waals surface area contributed by atoms with E-state index in [4.69, 9.17) is 5.90 Å². The summed E-state index contributed by atoms with van der Waals surface area (Å²) in [4.78, 5) is 14.8. The van der Waals surface area contributed by atoms with Crippen LogP contribution in [0.1, 0.15) is 38.5 Å². The van der Waals surface area contributed by atoms with Gasteiger partial charge < -0.3 is 4.84 Å². The minimum absolute atomic E-state index is 0.267. The molecule has 0 unspecified atom stereocenters. The number of hydrogen-bond acceptors (Lipinski definition) is 3. The molecule has 1 rings (SSSR count). The Labute approximate surface area is 66.9 Å². The SMILES string of the molecule is NOC(=O)CC1CCCCC1. The van der Waals surface area contributed by atoms with E-state index in [1.54, 1.807) is 0 Å². The van der Waals surface area contributed by atoms with Crippen molar-refractivity contribution in [1.82, 2.24) is 0 Å². The summed E-state index contributed by atoms with van der Waals surface area (Å²) in [5.74, 6) is 5.00. The lowest BCUT2D eigenvalue weighted by molar-refractivity contribution is -0.145. The van der Waals surface area contributed by atoms with Crippen LogP contribution < -0.4 is 5.90 Å². The predicted octanol–water partition coefficient (Wildman–Crippen LogP) is 1.37. The summed E-state index contributed by atoms with van der Waals surface area (Å²) >= 11 is 0. The van der Waals surface area contributed by atoms with Gasteiger partial charge in [0, 0.05) is 0 Å². The molecule has 0 amide bonds. The van der Waals surface area contributed by atoms with Crippen molar-refractivity contribution in [3.8, 4) is 0 Å². The highest BCUT2D eigenvalue weighted by Crippen LogP contribution is 2.26. The molecule has 0 atom stereocenters. The molecule has 1 saturated carbocycles. The van der Waals surface area contributed by atoms with E-state index in [9.17, 15) is 4.79 Å². The molecule has 0 aromatic rings. The molecule has 2 N–H and O–H groups in total. The lowest BCUT2D eigenvalue weighted by Crippen LogP contribution is -2.16. The van der Waals surface area contributed by atoms with Crippen molar-refractivity contribution >= 4 is 5.97 Å². The second-order valence-corrected chi connectivity index (χ2v) is 3.20. The average molecular weight is 157 g/mol. The zero-order valence-corrected chi connectivity index (χ0v) is 6.71. The van der Waals surface area contributed by atoms with Gasteiger partial charge in [0.25, 0.3) is 0 Å². The van der Waals surface area contributed by atoms with Crippen molar-refractivity contribution in [2.24, 2.45) is 11.8 Å². The Kier molecular flexibility index (Phi) is 3.36. The molecule has 0 aromatic carbocycles. The van der Waals surface area contributed by atoms with Crippen LogP contribution >= 0.6 is 0 Å². The van der Waals surface area contributed by atoms with Crippen molar-refractivity contribution in [3.63, 3.8) is 0 Å². The topological polar surface area (TPSA) is 52.3 Å². The summed E-state index contributed by atoms with van der Waals surface area (Å²) in [6.07, 6.45) is 6.65. The van der Waals surface area contributed by atoms with E-state index in [2.05, 4.69) is 4.84 Å². The largest absolute Gasteiger partial charge is 0.373 e. The molecule has 0 aromatic heterocycles. The summed E-state index contributed by atoms with van der Waals surface area (Å²) < 4.78 is 0. The van der Waals surface area contributed by atoms with Crippen LogP contribution in [0.15, 0.2) is 0 Å². The summed E-state index contributed by atoms with van der Waals surface area (Å²) in [6.45, 7) is 0. The minimum Gasteiger partial charge on any atom is -0.373 e. The molecule has 0 aliphatic heterocycles. The lowest BCUT2D eigenvalue weighted by Gasteiger charge is -2.19. The van der Waals surface area contributed by atoms with E-state index < -0.39 is 0 Å². The molecular weight excluding hydrogens is 142 g/mol. The normalized spacial score (nSPS) is 19.7. The maximum absolute atomic E-state index is 10.7. The third-order valence-corrected chi connectivity index (χ3v) is 2.31. The first-order valence-corrected chi connectivity index (χ1v) is 4.22. The molecular formula is C8H15NO2. The first-order chi connectivity index (χ1) is 5.33. The third kappa shape index (κ3) is 2.89. The third-order valence-electron chi connectivity index (χ3n) is 2.31. The Morgan fingerprint density at radius 2 is 2.00 bits per heavy atom. The number of carbonyl (C=O) groups excluding carboxylic acids is 1. The van der Waals surface area contributed by atoms with E-state index in [1.807, 2.05) is 0 Å². The summed E-state index contributed by atoms with van der Waals surface area (Å²) in [7, 11) is 0. The highest BCUT2D eigenvalue weighted by Gasteiger charge is 2.17. The van der Waals surface area contributed by atoms with E-state index in [0.717, 1.165) is 12.8 Å². The molecule has 0 bridgehead atoms. The van der Waals surface area contributed by atoms with Crippen LogP contribution in [-0.4, -0.2) is 5.97 Å². The van der Waals surface area contributed by atoms with Gasteiger partial charge in [-0.15, -0.1) is 0 Å². The van der Waals surface area contributed by atoms with Gasteiger partial charge in [-0.05, 0) is 18.8 Å². The smallest absolute Gasteiger partial charge is 0.324 e. The molecule has 64 valence electrons. The van der Waals surface area contributed by atoms with Crippen molar-refractivity contribution < 1.29 is 9.63 Å². The van der Waals surface area contributed by atoms with E-state index in [0.29, 0.717) is 12.3 Å². The number of carbonyl (C=O) groups is 1. The fourth-order valence-electron chi connectivity index (χ4n) is 1.68. The highest BCUT2D eigenvalue weighted by atomic mass is 16.7. The van der Waals surface area contributed by atoms with Crippen molar-refractivity contribution in [3.05, 3.63) is 0 Å². The maximum Gasteiger partial charge on any atom is 0.324 e. The van der Waals surface area contributed by atoms with Crippen molar-refractivity contribution in [2.45, 2.75) is 38.5 Å². The highest BCUT2D eigenvalue weighted by molar-refractivity contribution is 5.69. The molecule has 0 saturated heterocycles. The number of rotatable bonds is 2. The van der Waals surface area contributed by atoms with Gasteiger partial charge in [-0.25, -0.2) is 0 Å². The van der Waals surface area contributed by atoms with Crippen LogP contribution in [0.25, 0.3) is 0 Å². The second-order valence-electron chi connectivity index (χ2n) is 3.20. The fraction of sp³-hybridized carbons (Fsp3) is 0.875. The Balaban J connectivity index is 2.19. The molecule has 1 aliphatic carbocycles. The second kappa shape index (κ2) is 4.34. The molecule has 11 heavy (non-hydrogen) atoms. The molecule has 1 fully saturated rings. The van der Waals surface area contributed by atoms with Gasteiger partial charge in [0.1, 0.15) is 0 Å². The van der Waals surface area contributed by atoms with E-state index in [1.165, 1.54) is 19.3 Å². The van der Waals surface area contributed by atoms with E-state index in [-0.39, 0.29) is 5.97 Å². The van der Waals surface area contributed by atoms with Crippen LogP contribution in [-0.2, 0) is 9.63 Å². The van der Waals surface area contributed by atoms with Gasteiger partial charge in [-0.3, -0.25) is 4.79 Å². The Bertz CT molecular complexity index is 130. The minimum atomic E-state index is -0.267. The molecule has 0 heterocycles. The predicted molar refractivity (Wildman–Crippen MR) is 41.5 cm³/mol. The van der Waals surface area contributed by atoms with Gasteiger partial charge in [0.15, 0.2) is 0 Å². The monoisotopic (exact) mass is 157 g/mol. The van der Waals surface area contributed by atoms with Gasteiger partial charge in [0.05, 0.1) is 6.42 Å². The molecule has 0 radical (unpaired) electrons. The van der Waals surface area contributed by atoms with Gasteiger partial charge in [0.2, 0.25) is 0 Å². The van der Waals surface area contributed by atoms with Crippen LogP contribution in [0.2, 0.25) is 0 Å². The number of nitrogens with two attached hydrogens (primary N) is 1. The first kappa shape index (κ1) is 8.53. The summed E-state index contributed by atoms with van der Waals surface area (Å²) in [5.41, 5.74) is 0. The zero-order valence-electron chi connectivity index (χ0n) is 6.71. The fourth-order valence-corrected chi connectivity index (χ4v) is 1.68. The Morgan fingerprint density at radius 3 is 2.55 bits per heavy atom. The molecule has 0 spiro atoms. The number of hydrogen-bond donors (Lipinski definition) is 1. The van der Waals surface area contributed by atoms with Gasteiger partial charge in [-0.1, -0.05) is 19.3 Å². The Morgan fingerprint density at radius 1 is 1.36 bits per heavy atom. The van der Waals surface area contributed by atoms with Crippen molar-refractivity contribution in [1.29, 1.82) is 0 Å². The van der Waals surface area contributed by atoms with Crippen LogP contribution in [0, 0.1) is 5.92 Å². The standard InChI is InChI=1S/C8H15NO2/c9-11-8(10)6-7-4-2-1-3-5-7/h7H,1-6,9H2. The Hall–Kier alpha value is -0.570. The van der Waals surface area contributed by atoms with Crippen LogP contribution in [0.3, 0.4) is 0 Å². The van der Waals surface area contributed by atoms with Crippen LogP contribution in [0.5, 0.6) is 0 Å². The lowest BCUT2D eigenvalue weighted by atomic mass is 9.87. The first-order valence-electron chi connectivity index (χ1n) is 4.22. The zero-order chi connectivity index (χ0) is 8.10. The summed E-state index contributed by atoms with van der Waals surface area (Å²) in [6, 6.07) is 0. The van der Waals surface area contributed by atoms with Gasteiger partial charge >= 0.3 is 5.97 Å². The average Bonchev–Trinajstić information content (AvgIpc) is 2.06. The summed E-state index contributed by atoms with van der Waals surface area (Å²) in [5, 5.41) is 0.